The molecule has 0 bridgehead atoms. The normalized spacial score (nSPS) is 30.9. The molecule has 1 aromatic heterocycles. The summed E-state index contributed by atoms with van der Waals surface area (Å²) in [5.41, 5.74) is 1.31. The van der Waals surface area contributed by atoms with Crippen LogP contribution in [-0.2, 0) is 4.79 Å². The van der Waals surface area contributed by atoms with Gasteiger partial charge >= 0.3 is 0 Å². The van der Waals surface area contributed by atoms with E-state index in [0.29, 0.717) is 35.7 Å². The molecule has 1 aromatic rings. The number of likely N-dealkylation sites (N-methyl/N-ethyl adjacent to an activating group) is 1. The van der Waals surface area contributed by atoms with Gasteiger partial charge in [-0.25, -0.2) is 9.97 Å². The van der Waals surface area contributed by atoms with Crippen LogP contribution in [0.5, 0.6) is 0 Å². The van der Waals surface area contributed by atoms with E-state index in [4.69, 9.17) is 9.97 Å². The minimum Gasteiger partial charge on any atom is -0.332 e. The third-order valence-electron chi connectivity index (χ3n) is 7.97. The molecule has 0 spiro atoms. The van der Waals surface area contributed by atoms with Crippen LogP contribution in [0.3, 0.4) is 0 Å². The van der Waals surface area contributed by atoms with Gasteiger partial charge in [-0.05, 0) is 83.0 Å². The maximum Gasteiger partial charge on any atom is 0.225 e. The highest BCUT2D eigenvalue weighted by Gasteiger charge is 2.36. The van der Waals surface area contributed by atoms with E-state index in [0.717, 1.165) is 51.4 Å². The topological polar surface area (TPSA) is 52.6 Å². The van der Waals surface area contributed by atoms with E-state index in [1.807, 2.05) is 0 Å². The van der Waals surface area contributed by atoms with E-state index in [9.17, 15) is 4.79 Å². The van der Waals surface area contributed by atoms with Crippen LogP contribution >= 0.6 is 0 Å². The molecule has 4 rings (SSSR count). The Kier molecular flexibility index (Phi) is 7.27. The number of ketones is 1. The van der Waals surface area contributed by atoms with Gasteiger partial charge in [0.1, 0.15) is 5.78 Å². The van der Waals surface area contributed by atoms with E-state index in [1.54, 1.807) is 6.92 Å². The quantitative estimate of drug-likeness (QED) is 0.661. The number of rotatable bonds is 7. The summed E-state index contributed by atoms with van der Waals surface area (Å²) in [5.74, 6) is 2.47. The molecule has 0 N–H and O–H groups in total. The van der Waals surface area contributed by atoms with Crippen molar-refractivity contribution >= 4 is 11.7 Å². The summed E-state index contributed by atoms with van der Waals surface area (Å²) in [6.07, 6.45) is 12.0. The lowest BCUT2D eigenvalue weighted by Gasteiger charge is -2.46. The van der Waals surface area contributed by atoms with Crippen molar-refractivity contribution in [2.45, 2.75) is 89.8 Å². The highest BCUT2D eigenvalue weighted by atomic mass is 16.1. The average molecular weight is 428 g/mol. The molecule has 2 atom stereocenters. The predicted molar refractivity (Wildman–Crippen MR) is 126 cm³/mol. The van der Waals surface area contributed by atoms with Crippen LogP contribution in [0.4, 0.5) is 5.95 Å². The fraction of sp³-hybridized carbons (Fsp3) is 0.800. The van der Waals surface area contributed by atoms with Crippen molar-refractivity contribution in [2.24, 2.45) is 5.92 Å². The minimum absolute atomic E-state index is 0.345. The first kappa shape index (κ1) is 22.7. The number of piperazine rings is 1. The molecule has 3 heterocycles. The summed E-state index contributed by atoms with van der Waals surface area (Å²) in [6, 6.07) is 1.69. The van der Waals surface area contributed by atoms with Crippen LogP contribution in [0.1, 0.15) is 77.2 Å². The van der Waals surface area contributed by atoms with Crippen LogP contribution in [-0.4, -0.2) is 76.9 Å². The number of hydrogen-bond donors (Lipinski definition) is 0. The molecule has 3 fully saturated rings. The van der Waals surface area contributed by atoms with Gasteiger partial charge in [0.05, 0.1) is 0 Å². The number of aromatic nitrogens is 2. The lowest BCUT2D eigenvalue weighted by molar-refractivity contribution is -0.119. The lowest BCUT2D eigenvalue weighted by Crippen LogP contribution is -2.58. The Morgan fingerprint density at radius 2 is 1.61 bits per heavy atom. The van der Waals surface area contributed by atoms with E-state index < -0.39 is 0 Å². The first-order valence-corrected chi connectivity index (χ1v) is 12.5. The molecule has 6 heteroatoms. The van der Waals surface area contributed by atoms with Gasteiger partial charge in [0.15, 0.2) is 0 Å². The van der Waals surface area contributed by atoms with Crippen LogP contribution in [0.15, 0.2) is 12.4 Å². The Morgan fingerprint density at radius 3 is 2.13 bits per heavy atom. The number of anilines is 1. The number of carbonyl (C=O) groups is 1. The van der Waals surface area contributed by atoms with Gasteiger partial charge in [0, 0.05) is 50.0 Å². The van der Waals surface area contributed by atoms with Gasteiger partial charge in [0.25, 0.3) is 0 Å². The second kappa shape index (κ2) is 9.95. The summed E-state index contributed by atoms with van der Waals surface area (Å²) in [4.78, 5) is 28.6. The van der Waals surface area contributed by atoms with E-state index in [-0.39, 0.29) is 0 Å². The van der Waals surface area contributed by atoms with Crippen molar-refractivity contribution in [1.29, 1.82) is 0 Å². The van der Waals surface area contributed by atoms with Gasteiger partial charge in [-0.1, -0.05) is 13.8 Å². The number of hydrogen-bond acceptors (Lipinski definition) is 6. The number of piperidine rings is 1. The Hall–Kier alpha value is -1.53. The van der Waals surface area contributed by atoms with Gasteiger partial charge in [-0.15, -0.1) is 0 Å². The summed E-state index contributed by atoms with van der Waals surface area (Å²) in [5, 5.41) is 0. The molecule has 6 nitrogen and oxygen atoms in total. The zero-order valence-corrected chi connectivity index (χ0v) is 20.0. The van der Waals surface area contributed by atoms with Crippen molar-refractivity contribution < 1.29 is 4.79 Å². The molecule has 1 aliphatic carbocycles. The summed E-state index contributed by atoms with van der Waals surface area (Å²) in [6.45, 7) is 10.8. The molecule has 1 saturated carbocycles. The van der Waals surface area contributed by atoms with Crippen LogP contribution in [0.25, 0.3) is 0 Å². The van der Waals surface area contributed by atoms with Gasteiger partial charge in [-0.3, -0.25) is 0 Å². The van der Waals surface area contributed by atoms with E-state index in [2.05, 4.69) is 48.0 Å². The molecule has 0 amide bonds. The molecule has 2 unspecified atom stereocenters. The van der Waals surface area contributed by atoms with Crippen molar-refractivity contribution in [3.8, 4) is 0 Å². The number of nitrogens with zero attached hydrogens (tertiary/aromatic N) is 5. The molecule has 0 aromatic carbocycles. The zero-order valence-electron chi connectivity index (χ0n) is 20.0. The Morgan fingerprint density at radius 1 is 1.03 bits per heavy atom. The van der Waals surface area contributed by atoms with E-state index >= 15 is 0 Å². The number of likely N-dealkylation sites (tertiary alicyclic amines) is 1. The number of Topliss-reactive ketones (excluding diaryl/α,β-unsaturated/α-hetero) is 1. The van der Waals surface area contributed by atoms with Crippen LogP contribution in [0.2, 0.25) is 0 Å². The highest BCUT2D eigenvalue weighted by molar-refractivity contribution is 5.75. The van der Waals surface area contributed by atoms with E-state index in [1.165, 1.54) is 31.2 Å². The molecule has 0 radical (unpaired) electrons. The first-order chi connectivity index (χ1) is 15.0. The molecule has 31 heavy (non-hydrogen) atoms. The maximum atomic E-state index is 11.3. The fourth-order valence-corrected chi connectivity index (χ4v) is 6.09. The SMILES string of the molecule is CCC1CN(C)CC(CC)N1c1ncc(C2CCN([C@H]3C[C@@H](CC(C)=O)C3)CC2)cn1. The van der Waals surface area contributed by atoms with Crippen LogP contribution < -0.4 is 4.90 Å². The van der Waals surface area contributed by atoms with Gasteiger partial charge in [-0.2, -0.15) is 0 Å². The van der Waals surface area contributed by atoms with Crippen molar-refractivity contribution in [2.75, 3.05) is 38.1 Å². The summed E-state index contributed by atoms with van der Waals surface area (Å²) < 4.78 is 0. The minimum atomic E-state index is 0.345. The summed E-state index contributed by atoms with van der Waals surface area (Å²) >= 11 is 0. The standard InChI is InChI=1S/C25H41N5O/c1-5-22-16-28(4)17-23(6-2)30(22)25-26-14-21(15-27-25)20-7-9-29(10-8-20)24-12-19(13-24)11-18(3)31/h14-15,19-20,22-24H,5-13,16-17H2,1-4H3/t19-,22?,23?,24+. The van der Waals surface area contributed by atoms with Crippen molar-refractivity contribution in [3.05, 3.63) is 18.0 Å². The first-order valence-electron chi connectivity index (χ1n) is 12.5. The predicted octanol–water partition coefficient (Wildman–Crippen LogP) is 3.72. The van der Waals surface area contributed by atoms with Crippen molar-refractivity contribution in [3.63, 3.8) is 0 Å². The lowest BCUT2D eigenvalue weighted by atomic mass is 9.75. The maximum absolute atomic E-state index is 11.3. The van der Waals surface area contributed by atoms with Gasteiger partial charge < -0.3 is 19.5 Å². The molecule has 3 aliphatic rings. The third-order valence-corrected chi connectivity index (χ3v) is 7.97. The molecule has 2 aliphatic heterocycles. The second-order valence-electron chi connectivity index (χ2n) is 10.3. The van der Waals surface area contributed by atoms with Crippen molar-refractivity contribution in [1.82, 2.24) is 19.8 Å². The van der Waals surface area contributed by atoms with Crippen LogP contribution in [0, 0.1) is 5.92 Å². The summed E-state index contributed by atoms with van der Waals surface area (Å²) in [7, 11) is 2.23. The average Bonchev–Trinajstić information content (AvgIpc) is 2.75. The third kappa shape index (κ3) is 5.11. The second-order valence-corrected chi connectivity index (χ2v) is 10.3. The Labute approximate surface area is 188 Å². The smallest absolute Gasteiger partial charge is 0.225 e. The molecular formula is C25H41N5O. The molecule has 2 saturated heterocycles. The number of carbonyl (C=O) groups excluding carboxylic acids is 1. The molecule has 172 valence electrons. The monoisotopic (exact) mass is 427 g/mol. The highest BCUT2D eigenvalue weighted by Crippen LogP contribution is 2.38. The molecular weight excluding hydrogens is 386 g/mol. The Bertz CT molecular complexity index is 710. The zero-order chi connectivity index (χ0) is 22.0. The fourth-order valence-electron chi connectivity index (χ4n) is 6.09. The largest absolute Gasteiger partial charge is 0.332 e. The Balaban J connectivity index is 1.32. The van der Waals surface area contributed by atoms with Gasteiger partial charge in [0.2, 0.25) is 5.95 Å².